The van der Waals surface area contributed by atoms with E-state index in [1.165, 1.54) is 21.5 Å². The van der Waals surface area contributed by atoms with Gasteiger partial charge in [0.15, 0.2) is 0 Å². The van der Waals surface area contributed by atoms with Gasteiger partial charge in [-0.05, 0) is 86.7 Å². The van der Waals surface area contributed by atoms with Gasteiger partial charge < -0.3 is 20.4 Å². The van der Waals surface area contributed by atoms with Crippen LogP contribution in [-0.4, -0.2) is 81.4 Å². The first-order valence-electron chi connectivity index (χ1n) is 22.2. The Bertz CT molecular complexity index is 2760. The standard InChI is InChI=1S/C48H54N8O5S/c1-30-29-49-44-43-34-16-17-35(51-36(34)18-21-40(43)62-45(44)47(60)50-30)32-12-10-13-33(28-32)54-23-25-55(26-24-54)42(58)14-9-7-5-3-4-6-8-11-31-15-19-37-39(27-31)53(2)48(61)56(37)38-20-22-41(57)52-46(38)59/h10,12-13,15-19,21,27-28,30,38,49H,3-9,11,14,20,22-26,29H2,1-2H3,(H,50,60)(H,52,57,59)/t30-,38?/m1/s1. The van der Waals surface area contributed by atoms with Crippen molar-refractivity contribution in [3.05, 3.63) is 87.7 Å². The molecule has 4 amide bonds. The molecule has 3 aromatic carbocycles. The van der Waals surface area contributed by atoms with Crippen molar-refractivity contribution in [1.82, 2.24) is 29.7 Å². The molecule has 3 aliphatic heterocycles. The number of unbranched alkanes of at least 4 members (excludes halogenated alkanes) is 6. The lowest BCUT2D eigenvalue weighted by Gasteiger charge is -2.36. The van der Waals surface area contributed by atoms with Crippen LogP contribution in [0.1, 0.15) is 92.4 Å². The van der Waals surface area contributed by atoms with Crippen molar-refractivity contribution in [2.24, 2.45) is 7.05 Å². The van der Waals surface area contributed by atoms with Gasteiger partial charge in [0.25, 0.3) is 5.91 Å². The van der Waals surface area contributed by atoms with Gasteiger partial charge in [0.2, 0.25) is 17.7 Å². The third-order valence-electron chi connectivity index (χ3n) is 12.9. The van der Waals surface area contributed by atoms with Gasteiger partial charge in [-0.2, -0.15) is 0 Å². The molecular weight excluding hydrogens is 801 g/mol. The molecular formula is C48H54N8O5S. The fourth-order valence-electron chi connectivity index (χ4n) is 9.40. The number of aromatic nitrogens is 3. The maximum atomic E-state index is 13.1. The summed E-state index contributed by atoms with van der Waals surface area (Å²) in [5.41, 5.74) is 7.32. The number of imidazole rings is 1. The normalized spacial score (nSPS) is 18.2. The fourth-order valence-corrected chi connectivity index (χ4v) is 10.5. The largest absolute Gasteiger partial charge is 0.381 e. The number of piperazine rings is 1. The molecule has 0 radical (unpaired) electrons. The summed E-state index contributed by atoms with van der Waals surface area (Å²) in [5, 5.41) is 11.0. The maximum absolute atomic E-state index is 13.1. The third-order valence-corrected chi connectivity index (χ3v) is 14.0. The van der Waals surface area contributed by atoms with Crippen molar-refractivity contribution in [1.29, 1.82) is 0 Å². The van der Waals surface area contributed by atoms with Crippen molar-refractivity contribution in [3.63, 3.8) is 0 Å². The summed E-state index contributed by atoms with van der Waals surface area (Å²) < 4.78 is 4.19. The van der Waals surface area contributed by atoms with Crippen molar-refractivity contribution in [3.8, 4) is 11.3 Å². The Morgan fingerprint density at radius 2 is 1.65 bits per heavy atom. The molecule has 0 aliphatic carbocycles. The van der Waals surface area contributed by atoms with Gasteiger partial charge in [-0.15, -0.1) is 11.3 Å². The van der Waals surface area contributed by atoms with E-state index in [0.717, 1.165) is 137 Å². The van der Waals surface area contributed by atoms with Crippen LogP contribution in [0.25, 0.3) is 43.3 Å². The molecule has 1 unspecified atom stereocenters. The lowest BCUT2D eigenvalue weighted by molar-refractivity contribution is -0.136. The number of rotatable bonds is 13. The van der Waals surface area contributed by atoms with E-state index in [1.54, 1.807) is 11.6 Å². The minimum atomic E-state index is -0.673. The molecule has 2 atom stereocenters. The quantitative estimate of drug-likeness (QED) is 0.0810. The van der Waals surface area contributed by atoms with Crippen LogP contribution in [0.4, 0.5) is 11.4 Å². The molecule has 3 N–H and O–H groups in total. The minimum Gasteiger partial charge on any atom is -0.381 e. The van der Waals surface area contributed by atoms with Crippen LogP contribution in [0.3, 0.4) is 0 Å². The number of thiophene rings is 1. The first kappa shape index (κ1) is 41.3. The fraction of sp³-hybridized carbons (Fsp3) is 0.417. The number of hydrogen-bond donors (Lipinski definition) is 3. The average molecular weight is 855 g/mol. The van der Waals surface area contributed by atoms with E-state index in [9.17, 15) is 24.0 Å². The number of hydrogen-bond acceptors (Lipinski definition) is 9. The number of carbonyl (C=O) groups is 4. The van der Waals surface area contributed by atoms with E-state index >= 15 is 0 Å². The van der Waals surface area contributed by atoms with Gasteiger partial charge in [-0.1, -0.05) is 50.3 Å². The number of amides is 4. The maximum Gasteiger partial charge on any atom is 0.329 e. The number of carbonyl (C=O) groups excluding carboxylic acids is 4. The van der Waals surface area contributed by atoms with E-state index in [1.807, 2.05) is 30.0 Å². The Balaban J connectivity index is 0.698. The van der Waals surface area contributed by atoms with Crippen molar-refractivity contribution in [2.75, 3.05) is 42.9 Å². The molecule has 14 heteroatoms. The number of imide groups is 1. The van der Waals surface area contributed by atoms with Crippen molar-refractivity contribution in [2.45, 2.75) is 89.6 Å². The van der Waals surface area contributed by atoms with Crippen molar-refractivity contribution < 1.29 is 19.2 Å². The number of benzene rings is 3. The Morgan fingerprint density at radius 1 is 0.855 bits per heavy atom. The van der Waals surface area contributed by atoms with E-state index in [2.05, 4.69) is 69.4 Å². The minimum absolute atomic E-state index is 0.0290. The van der Waals surface area contributed by atoms with Gasteiger partial charge in [-0.3, -0.25) is 33.6 Å². The zero-order chi connectivity index (χ0) is 42.9. The van der Waals surface area contributed by atoms with Gasteiger partial charge >= 0.3 is 5.69 Å². The number of nitrogens with zero attached hydrogens (tertiary/aromatic N) is 5. The summed E-state index contributed by atoms with van der Waals surface area (Å²) >= 11 is 1.52. The molecule has 0 bridgehead atoms. The Hall–Kier alpha value is -6.02. The van der Waals surface area contributed by atoms with Gasteiger partial charge in [0, 0.05) is 85.4 Å². The van der Waals surface area contributed by atoms with Gasteiger partial charge in [0.1, 0.15) is 10.9 Å². The van der Waals surface area contributed by atoms with Crippen LogP contribution in [0.15, 0.2) is 71.5 Å². The third kappa shape index (κ3) is 8.32. The smallest absolute Gasteiger partial charge is 0.329 e. The predicted molar refractivity (Wildman–Crippen MR) is 246 cm³/mol. The number of anilines is 2. The highest BCUT2D eigenvalue weighted by atomic mass is 32.1. The molecule has 322 valence electrons. The SMILES string of the molecule is C[C@@H]1CNc2c(sc3ccc4nc(-c5cccc(N6CCN(C(=O)CCCCCCCCCc7ccc8c(c7)n(C)c(=O)n8C7CCC(=O)NC7=O)CC6)c5)ccc4c23)C(=O)N1. The number of pyridine rings is 1. The van der Waals surface area contributed by atoms with E-state index in [-0.39, 0.29) is 35.9 Å². The summed E-state index contributed by atoms with van der Waals surface area (Å²) in [6.45, 7) is 5.71. The highest BCUT2D eigenvalue weighted by Crippen LogP contribution is 2.41. The molecule has 2 saturated heterocycles. The van der Waals surface area contributed by atoms with Gasteiger partial charge in [-0.25, -0.2) is 9.78 Å². The first-order valence-corrected chi connectivity index (χ1v) is 23.0. The van der Waals surface area contributed by atoms with Crippen LogP contribution < -0.4 is 26.5 Å². The number of nitrogens with one attached hydrogen (secondary N) is 3. The molecule has 62 heavy (non-hydrogen) atoms. The lowest BCUT2D eigenvalue weighted by Crippen LogP contribution is -2.48. The van der Waals surface area contributed by atoms with Crippen LogP contribution in [0, 0.1) is 0 Å². The Kier molecular flexibility index (Phi) is 11.8. The van der Waals surface area contributed by atoms with Crippen LogP contribution in [0.2, 0.25) is 0 Å². The second kappa shape index (κ2) is 17.8. The average Bonchev–Trinajstić information content (AvgIpc) is 3.73. The van der Waals surface area contributed by atoms with Gasteiger partial charge in [0.05, 0.1) is 27.9 Å². The molecule has 6 heterocycles. The van der Waals surface area contributed by atoms with Crippen LogP contribution in [0.5, 0.6) is 0 Å². The van der Waals surface area contributed by atoms with E-state index in [4.69, 9.17) is 4.98 Å². The first-order chi connectivity index (χ1) is 30.1. The van der Waals surface area contributed by atoms with E-state index in [0.29, 0.717) is 19.4 Å². The summed E-state index contributed by atoms with van der Waals surface area (Å²) in [6.07, 6.45) is 9.67. The lowest BCUT2D eigenvalue weighted by atomic mass is 10.0. The Morgan fingerprint density at radius 3 is 2.45 bits per heavy atom. The predicted octanol–water partition coefficient (Wildman–Crippen LogP) is 7.30. The molecule has 3 aromatic heterocycles. The zero-order valence-electron chi connectivity index (χ0n) is 35.5. The molecule has 6 aromatic rings. The number of aryl methyl sites for hydroxylation is 2. The molecule has 9 rings (SSSR count). The van der Waals surface area contributed by atoms with Crippen LogP contribution >= 0.6 is 11.3 Å². The second-order valence-electron chi connectivity index (χ2n) is 17.2. The highest BCUT2D eigenvalue weighted by molar-refractivity contribution is 7.21. The molecule has 3 aliphatic rings. The number of piperidine rings is 1. The van der Waals surface area contributed by atoms with Crippen LogP contribution in [-0.2, 0) is 27.9 Å². The summed E-state index contributed by atoms with van der Waals surface area (Å²) in [7, 11) is 1.73. The topological polar surface area (TPSA) is 151 Å². The molecule has 0 spiro atoms. The Labute approximate surface area is 364 Å². The number of fused-ring (bicyclic) bond motifs is 6. The molecule has 0 saturated carbocycles. The summed E-state index contributed by atoms with van der Waals surface area (Å²) in [6, 6.07) is 22.2. The summed E-state index contributed by atoms with van der Waals surface area (Å²) in [5.74, 6) is -0.489. The zero-order valence-corrected chi connectivity index (χ0v) is 36.3. The van der Waals surface area contributed by atoms with Crippen molar-refractivity contribution >= 4 is 78.4 Å². The van der Waals surface area contributed by atoms with E-state index < -0.39 is 11.9 Å². The molecule has 2 fully saturated rings. The highest BCUT2D eigenvalue weighted by Gasteiger charge is 2.31. The molecule has 13 nitrogen and oxygen atoms in total. The second-order valence-corrected chi connectivity index (χ2v) is 18.2. The summed E-state index contributed by atoms with van der Waals surface area (Å²) in [4.78, 5) is 73.4. The monoisotopic (exact) mass is 854 g/mol.